The molecule has 7 nitrogen and oxygen atoms in total. The second-order valence-electron chi connectivity index (χ2n) is 9.92. The largest absolute Gasteiger partial charge is 0.497 e. The summed E-state index contributed by atoms with van der Waals surface area (Å²) >= 11 is 0. The maximum atomic E-state index is 12.9. The Kier molecular flexibility index (Phi) is 10.2. The fourth-order valence-corrected chi connectivity index (χ4v) is 5.26. The zero-order valence-corrected chi connectivity index (χ0v) is 22.7. The smallest absolute Gasteiger partial charge is 0.490 e. The van der Waals surface area contributed by atoms with E-state index >= 15 is 0 Å². The van der Waals surface area contributed by atoms with E-state index < -0.39 is 12.1 Å². The Morgan fingerprint density at radius 1 is 1.08 bits per heavy atom. The van der Waals surface area contributed by atoms with Crippen molar-refractivity contribution in [1.29, 1.82) is 0 Å². The number of carboxylic acids is 1. The monoisotopic (exact) mass is 550 g/mol. The third-order valence-corrected chi connectivity index (χ3v) is 7.42. The first-order chi connectivity index (χ1) is 18.5. The van der Waals surface area contributed by atoms with Crippen LogP contribution >= 0.6 is 0 Å². The number of nitrogens with zero attached hydrogens (tertiary/aromatic N) is 2. The van der Waals surface area contributed by atoms with Gasteiger partial charge in [-0.15, -0.1) is 0 Å². The highest BCUT2D eigenvalue weighted by Gasteiger charge is 2.43. The third-order valence-electron chi connectivity index (χ3n) is 7.42. The zero-order chi connectivity index (χ0) is 28.6. The van der Waals surface area contributed by atoms with Crippen molar-refractivity contribution in [3.05, 3.63) is 59.7 Å². The number of ether oxygens (including phenoxy) is 2. The fraction of sp³-hybridized carbons (Fsp3) is 0.517. The Bertz CT molecular complexity index is 1090. The van der Waals surface area contributed by atoms with Gasteiger partial charge in [0.15, 0.2) is 0 Å². The molecule has 2 aromatic rings. The molecule has 0 bridgehead atoms. The number of carboxylic acid groups (broad SMARTS) is 1. The summed E-state index contributed by atoms with van der Waals surface area (Å²) in [6, 6.07) is 16.7. The molecule has 214 valence electrons. The van der Waals surface area contributed by atoms with E-state index in [0.717, 1.165) is 63.5 Å². The number of carbonyl (C=O) groups is 2. The maximum Gasteiger partial charge on any atom is 0.490 e. The summed E-state index contributed by atoms with van der Waals surface area (Å²) < 4.78 is 43.7. The van der Waals surface area contributed by atoms with Gasteiger partial charge in [0.05, 0.1) is 7.11 Å². The van der Waals surface area contributed by atoms with E-state index in [1.165, 1.54) is 11.1 Å². The van der Waals surface area contributed by atoms with E-state index in [0.29, 0.717) is 6.42 Å². The molecular formula is C29H37F3N2O5. The highest BCUT2D eigenvalue weighted by Crippen LogP contribution is 2.46. The van der Waals surface area contributed by atoms with Crippen LogP contribution in [0.2, 0.25) is 0 Å². The Labute approximate surface area is 227 Å². The predicted molar refractivity (Wildman–Crippen MR) is 141 cm³/mol. The first-order valence-electron chi connectivity index (χ1n) is 13.2. The number of alkyl halides is 3. The molecule has 1 saturated heterocycles. The van der Waals surface area contributed by atoms with Gasteiger partial charge in [0, 0.05) is 45.1 Å². The second-order valence-corrected chi connectivity index (χ2v) is 9.92. The number of hydrogen-bond acceptors (Lipinski definition) is 5. The molecule has 4 rings (SSSR count). The van der Waals surface area contributed by atoms with Gasteiger partial charge in [0.1, 0.15) is 17.1 Å². The molecule has 2 heterocycles. The number of hydrogen-bond donors (Lipinski definition) is 1. The van der Waals surface area contributed by atoms with Crippen LogP contribution in [0.1, 0.15) is 56.6 Å². The lowest BCUT2D eigenvalue weighted by molar-refractivity contribution is -0.192. The van der Waals surface area contributed by atoms with Crippen molar-refractivity contribution in [2.45, 2.75) is 63.8 Å². The average Bonchev–Trinajstić information content (AvgIpc) is 2.91. The van der Waals surface area contributed by atoms with Gasteiger partial charge in [0.2, 0.25) is 5.91 Å². The molecule has 10 heteroatoms. The Morgan fingerprint density at radius 2 is 1.67 bits per heavy atom. The molecule has 1 unspecified atom stereocenters. The molecule has 1 amide bonds. The van der Waals surface area contributed by atoms with Crippen molar-refractivity contribution in [2.75, 3.05) is 33.3 Å². The molecule has 2 aliphatic heterocycles. The maximum absolute atomic E-state index is 12.9. The normalized spacial score (nSPS) is 18.3. The summed E-state index contributed by atoms with van der Waals surface area (Å²) in [6.07, 6.45) is -1.60. The van der Waals surface area contributed by atoms with Crippen molar-refractivity contribution in [3.63, 3.8) is 0 Å². The van der Waals surface area contributed by atoms with Gasteiger partial charge in [-0.25, -0.2) is 4.79 Å². The predicted octanol–water partition coefficient (Wildman–Crippen LogP) is 5.49. The standard InChI is InChI=1S/C27H36N2O3.C2HF3O2/c1-4-29(5-2)26(30)18-22-19-27(32-25-9-7-6-8-24(22)25)14-16-28(17-15-27)20-21-10-12-23(31-3)13-11-21;3-2(4,5)1(6)7/h6-13,22H,4-5,14-20H2,1-3H3;(H,6,7). The number of fused-ring (bicyclic) bond motifs is 1. The van der Waals surface area contributed by atoms with Crippen LogP contribution in [-0.2, 0) is 16.1 Å². The van der Waals surface area contributed by atoms with E-state index in [4.69, 9.17) is 19.4 Å². The number of piperidine rings is 1. The van der Waals surface area contributed by atoms with Crippen LogP contribution in [0.15, 0.2) is 48.5 Å². The lowest BCUT2D eigenvalue weighted by atomic mass is 9.76. The summed E-state index contributed by atoms with van der Waals surface area (Å²) in [4.78, 5) is 26.3. The lowest BCUT2D eigenvalue weighted by Gasteiger charge is -2.47. The van der Waals surface area contributed by atoms with Crippen LogP contribution in [0.5, 0.6) is 11.5 Å². The lowest BCUT2D eigenvalue weighted by Crippen LogP contribution is -2.50. The molecule has 2 aromatic carbocycles. The molecule has 0 saturated carbocycles. The first-order valence-corrected chi connectivity index (χ1v) is 13.2. The van der Waals surface area contributed by atoms with Crippen LogP contribution in [-0.4, -0.2) is 71.8 Å². The summed E-state index contributed by atoms with van der Waals surface area (Å²) in [6.45, 7) is 8.60. The number of para-hydroxylation sites is 1. The Hall–Kier alpha value is -3.27. The molecule has 1 spiro atoms. The van der Waals surface area contributed by atoms with Crippen LogP contribution in [0.25, 0.3) is 0 Å². The molecule has 0 aromatic heterocycles. The van der Waals surface area contributed by atoms with Gasteiger partial charge >= 0.3 is 12.1 Å². The van der Waals surface area contributed by atoms with E-state index in [1.807, 2.05) is 23.1 Å². The van der Waals surface area contributed by atoms with Crippen molar-refractivity contribution < 1.29 is 37.3 Å². The third kappa shape index (κ3) is 8.11. The second kappa shape index (κ2) is 13.2. The summed E-state index contributed by atoms with van der Waals surface area (Å²) in [5.41, 5.74) is 2.33. The van der Waals surface area contributed by atoms with Gasteiger partial charge in [-0.05, 0) is 62.4 Å². The summed E-state index contributed by atoms with van der Waals surface area (Å²) in [7, 11) is 1.70. The summed E-state index contributed by atoms with van der Waals surface area (Å²) in [5.74, 6) is -0.414. The molecule has 2 aliphatic rings. The minimum Gasteiger partial charge on any atom is -0.497 e. The fourth-order valence-electron chi connectivity index (χ4n) is 5.26. The average molecular weight is 551 g/mol. The highest BCUT2D eigenvalue weighted by molar-refractivity contribution is 5.77. The Morgan fingerprint density at radius 3 is 2.21 bits per heavy atom. The molecule has 1 fully saturated rings. The molecule has 0 radical (unpaired) electrons. The van der Waals surface area contributed by atoms with Gasteiger partial charge in [-0.2, -0.15) is 13.2 Å². The van der Waals surface area contributed by atoms with Crippen LogP contribution in [0.3, 0.4) is 0 Å². The molecule has 39 heavy (non-hydrogen) atoms. The number of carbonyl (C=O) groups excluding carboxylic acids is 1. The minimum absolute atomic E-state index is 0.168. The SMILES string of the molecule is CCN(CC)C(=O)CC1CC2(CCN(Cc3ccc(OC)cc3)CC2)Oc2ccccc21.O=C(O)C(F)(F)F. The van der Waals surface area contributed by atoms with Crippen LogP contribution in [0.4, 0.5) is 13.2 Å². The number of likely N-dealkylation sites (tertiary alicyclic amines) is 1. The number of halogens is 3. The number of rotatable bonds is 7. The Balaban J connectivity index is 0.000000532. The van der Waals surface area contributed by atoms with Crippen molar-refractivity contribution in [2.24, 2.45) is 0 Å². The molecule has 0 aliphatic carbocycles. The topological polar surface area (TPSA) is 79.3 Å². The van der Waals surface area contributed by atoms with E-state index in [-0.39, 0.29) is 17.4 Å². The first kappa shape index (κ1) is 30.3. The van der Waals surface area contributed by atoms with Crippen LogP contribution in [0, 0.1) is 0 Å². The number of amides is 1. The van der Waals surface area contributed by atoms with Crippen LogP contribution < -0.4 is 9.47 Å². The number of benzene rings is 2. The summed E-state index contributed by atoms with van der Waals surface area (Å²) in [5, 5.41) is 7.12. The zero-order valence-electron chi connectivity index (χ0n) is 22.7. The highest BCUT2D eigenvalue weighted by atomic mass is 19.4. The van der Waals surface area contributed by atoms with Gasteiger partial charge in [-0.1, -0.05) is 30.3 Å². The quantitative estimate of drug-likeness (QED) is 0.491. The van der Waals surface area contributed by atoms with E-state index in [2.05, 4.69) is 49.1 Å². The minimum atomic E-state index is -5.08. The molecule has 1 atom stereocenters. The number of aliphatic carboxylic acids is 1. The van der Waals surface area contributed by atoms with E-state index in [9.17, 15) is 18.0 Å². The van der Waals surface area contributed by atoms with Crippen molar-refractivity contribution >= 4 is 11.9 Å². The van der Waals surface area contributed by atoms with Crippen molar-refractivity contribution in [3.8, 4) is 11.5 Å². The number of methoxy groups -OCH3 is 1. The van der Waals surface area contributed by atoms with Gasteiger partial charge in [-0.3, -0.25) is 9.69 Å². The molecular weight excluding hydrogens is 513 g/mol. The van der Waals surface area contributed by atoms with Crippen molar-refractivity contribution in [1.82, 2.24) is 9.80 Å². The molecule has 1 N–H and O–H groups in total. The van der Waals surface area contributed by atoms with Gasteiger partial charge < -0.3 is 19.5 Å². The van der Waals surface area contributed by atoms with Gasteiger partial charge in [0.25, 0.3) is 0 Å². The van der Waals surface area contributed by atoms with E-state index in [1.54, 1.807) is 7.11 Å².